The first-order chi connectivity index (χ1) is 11.2. The highest BCUT2D eigenvalue weighted by Gasteiger charge is 2.48. The van der Waals surface area contributed by atoms with E-state index in [-0.39, 0.29) is 18.6 Å². The average Bonchev–Trinajstić information content (AvgIpc) is 2.75. The third-order valence-corrected chi connectivity index (χ3v) is 5.03. The molecule has 2 rings (SSSR count). The van der Waals surface area contributed by atoms with Gasteiger partial charge in [-0.2, -0.15) is 4.98 Å². The quantitative estimate of drug-likeness (QED) is 0.302. The average molecular weight is 382 g/mol. The number of nitrogen functional groups attached to an aromatic ring is 1. The van der Waals surface area contributed by atoms with Gasteiger partial charge in [-0.15, -0.1) is 0 Å². The van der Waals surface area contributed by atoms with Crippen LogP contribution in [-0.2, 0) is 13.8 Å². The van der Waals surface area contributed by atoms with Crippen LogP contribution in [0, 0.1) is 0 Å². The monoisotopic (exact) mass is 382 g/mol. The number of aliphatic hydroxyl groups is 3. The van der Waals surface area contributed by atoms with Gasteiger partial charge in [0.25, 0.3) is 0 Å². The summed E-state index contributed by atoms with van der Waals surface area (Å²) in [6.07, 6.45) is -6.94. The molecule has 12 nitrogen and oxygen atoms in total. The molecular weight excluding hydrogens is 359 g/mol. The highest BCUT2D eigenvalue weighted by molar-refractivity contribution is 7.52. The lowest BCUT2D eigenvalue weighted by Gasteiger charge is -2.22. The van der Waals surface area contributed by atoms with E-state index in [0.717, 1.165) is 4.57 Å². The van der Waals surface area contributed by atoms with Crippen molar-refractivity contribution in [2.24, 2.45) is 0 Å². The van der Waals surface area contributed by atoms with E-state index >= 15 is 0 Å². The van der Waals surface area contributed by atoms with Gasteiger partial charge in [-0.25, -0.2) is 4.79 Å². The summed E-state index contributed by atoms with van der Waals surface area (Å²) < 4.78 is 22.6. The number of aliphatic hydroxyl groups excluding tert-OH is 3. The lowest BCUT2D eigenvalue weighted by atomic mass is 10.1. The maximum Gasteiger partial charge on any atom is 0.351 e. The van der Waals surface area contributed by atoms with E-state index < -0.39 is 50.1 Å². The molecule has 0 saturated carbocycles. The van der Waals surface area contributed by atoms with Crippen molar-refractivity contribution in [3.63, 3.8) is 0 Å². The number of hydrogen-bond acceptors (Lipinski definition) is 10. The number of aromatic nitrogens is 2. The van der Waals surface area contributed by atoms with E-state index in [1.165, 1.54) is 19.2 Å². The molecule has 0 amide bonds. The van der Waals surface area contributed by atoms with Gasteiger partial charge in [0, 0.05) is 6.20 Å². The lowest BCUT2D eigenvalue weighted by molar-refractivity contribution is -0.0803. The topological polar surface area (TPSA) is 212 Å². The lowest BCUT2D eigenvalue weighted by Crippen LogP contribution is -2.40. The molecule has 0 aromatic carbocycles. The van der Waals surface area contributed by atoms with Crippen LogP contribution in [0.2, 0.25) is 0 Å². The van der Waals surface area contributed by atoms with Crippen LogP contribution < -0.4 is 17.6 Å². The normalized spacial score (nSPS) is 29.6. The maximum atomic E-state index is 11.8. The van der Waals surface area contributed by atoms with E-state index in [9.17, 15) is 29.6 Å². The Balaban J connectivity index is 0.00000312. The van der Waals surface area contributed by atoms with Crippen molar-refractivity contribution < 1.29 is 34.0 Å². The molecule has 13 heteroatoms. The first kappa shape index (κ1) is 21.7. The van der Waals surface area contributed by atoms with Crippen LogP contribution in [0.5, 0.6) is 0 Å². The highest BCUT2D eigenvalue weighted by atomic mass is 31.2. The van der Waals surface area contributed by atoms with Gasteiger partial charge >= 0.3 is 13.3 Å². The Morgan fingerprint density at radius 1 is 1.48 bits per heavy atom. The Morgan fingerprint density at radius 2 is 2.12 bits per heavy atom. The number of anilines is 1. The van der Waals surface area contributed by atoms with Crippen molar-refractivity contribution in [1.82, 2.24) is 15.7 Å². The van der Waals surface area contributed by atoms with Crippen LogP contribution in [0.25, 0.3) is 0 Å². The molecule has 2 heterocycles. The summed E-state index contributed by atoms with van der Waals surface area (Å²) in [4.78, 5) is 24.8. The molecule has 1 saturated heterocycles. The number of nitrogens with zero attached hydrogens (tertiary/aromatic N) is 2. The smallest absolute Gasteiger partial charge is 0.351 e. The summed E-state index contributed by atoms with van der Waals surface area (Å²) in [6.45, 7) is 1.48. The van der Waals surface area contributed by atoms with Gasteiger partial charge in [0.1, 0.15) is 24.1 Å². The predicted octanol–water partition coefficient (Wildman–Crippen LogP) is -1.81. The molecule has 1 aliphatic rings. The summed E-state index contributed by atoms with van der Waals surface area (Å²) in [5.41, 5.74) is 4.56. The zero-order valence-corrected chi connectivity index (χ0v) is 14.4. The molecule has 0 spiro atoms. The fourth-order valence-electron chi connectivity index (χ4n) is 2.45. The van der Waals surface area contributed by atoms with E-state index in [0.29, 0.717) is 0 Å². The van der Waals surface area contributed by atoms with Gasteiger partial charge < -0.3 is 41.4 Å². The van der Waals surface area contributed by atoms with E-state index in [1.807, 2.05) is 0 Å². The summed E-state index contributed by atoms with van der Waals surface area (Å²) in [7, 11) is -4.08. The van der Waals surface area contributed by atoms with Crippen LogP contribution in [0.15, 0.2) is 17.1 Å². The minimum absolute atomic E-state index is 0. The zero-order valence-electron chi connectivity index (χ0n) is 13.5. The van der Waals surface area contributed by atoms with Crippen molar-refractivity contribution >= 4 is 13.4 Å². The van der Waals surface area contributed by atoms with Crippen LogP contribution in [0.4, 0.5) is 5.82 Å². The first-order valence-electron chi connectivity index (χ1n) is 7.17. The van der Waals surface area contributed by atoms with E-state index in [2.05, 4.69) is 9.51 Å². The number of hydrogen-bond donors (Lipinski definition) is 6. The summed E-state index contributed by atoms with van der Waals surface area (Å²) in [6, 6.07) is 1.30. The molecule has 0 bridgehead atoms. The largest absolute Gasteiger partial charge is 0.390 e. The third-order valence-electron chi connectivity index (χ3n) is 3.53. The first-order valence-corrected chi connectivity index (χ1v) is 8.93. The Morgan fingerprint density at radius 3 is 2.68 bits per heavy atom. The summed E-state index contributed by atoms with van der Waals surface area (Å²) in [5.74, 6) is -0.0289. The van der Waals surface area contributed by atoms with Crippen molar-refractivity contribution in [2.75, 3.05) is 18.5 Å². The SMILES string of the molecule is CCOP(=O)(O)C[C@@H](O)[C@H]1O[C@@H](n2ccc(N)nc2=O)[C@H](O)[C@@H]1O.N. The number of rotatable bonds is 6. The molecule has 0 radical (unpaired) electrons. The van der Waals surface area contributed by atoms with Crippen LogP contribution in [0.1, 0.15) is 13.2 Å². The van der Waals surface area contributed by atoms with E-state index in [1.54, 1.807) is 0 Å². The Kier molecular flexibility index (Phi) is 7.23. The molecule has 9 N–H and O–H groups in total. The van der Waals surface area contributed by atoms with Crippen LogP contribution in [-0.4, -0.2) is 66.9 Å². The minimum atomic E-state index is -4.08. The van der Waals surface area contributed by atoms with Crippen LogP contribution in [0.3, 0.4) is 0 Å². The molecular formula is C12H23N4O8P. The standard InChI is InChI=1S/C12H20N3O8P.H3N/c1-2-22-24(20,21)5-6(16)10-8(17)9(18)11(23-10)15-4-3-7(13)14-12(15)19;/h3-4,6,8-11,16-18H,2,5H2,1H3,(H,20,21)(H2,13,14,19);1H3/t6-,8+,9-,10-,11-;/m1./s1. The van der Waals surface area contributed by atoms with Crippen LogP contribution >= 0.6 is 7.60 Å². The molecule has 1 fully saturated rings. The second kappa shape index (κ2) is 8.34. The van der Waals surface area contributed by atoms with Gasteiger partial charge in [-0.05, 0) is 13.0 Å². The van der Waals surface area contributed by atoms with Crippen molar-refractivity contribution in [3.05, 3.63) is 22.7 Å². The van der Waals surface area contributed by atoms with Crippen molar-refractivity contribution in [2.45, 2.75) is 37.6 Å². The molecule has 1 aromatic rings. The van der Waals surface area contributed by atoms with Crippen molar-refractivity contribution in [1.29, 1.82) is 0 Å². The second-order valence-electron chi connectivity index (χ2n) is 5.32. The molecule has 1 unspecified atom stereocenters. The van der Waals surface area contributed by atoms with E-state index in [4.69, 9.17) is 10.5 Å². The highest BCUT2D eigenvalue weighted by Crippen LogP contribution is 2.44. The molecule has 25 heavy (non-hydrogen) atoms. The molecule has 1 aliphatic heterocycles. The maximum absolute atomic E-state index is 11.8. The number of ether oxygens (including phenoxy) is 1. The zero-order chi connectivity index (χ0) is 18.1. The molecule has 144 valence electrons. The predicted molar refractivity (Wildman–Crippen MR) is 86.2 cm³/mol. The van der Waals surface area contributed by atoms with Gasteiger partial charge in [0.05, 0.1) is 18.9 Å². The Hall–Kier alpha value is -1.37. The Bertz CT molecular complexity index is 685. The third kappa shape index (κ3) is 4.84. The fraction of sp³-hybridized carbons (Fsp3) is 0.667. The van der Waals surface area contributed by atoms with Gasteiger partial charge in [0.2, 0.25) is 0 Å². The van der Waals surface area contributed by atoms with Gasteiger partial charge in [-0.1, -0.05) is 0 Å². The van der Waals surface area contributed by atoms with Crippen molar-refractivity contribution in [3.8, 4) is 0 Å². The Labute approximate surface area is 142 Å². The fourth-order valence-corrected chi connectivity index (χ4v) is 3.64. The molecule has 6 atom stereocenters. The number of nitrogens with two attached hydrogens (primary N) is 1. The van der Waals surface area contributed by atoms with Gasteiger partial charge in [-0.3, -0.25) is 9.13 Å². The van der Waals surface area contributed by atoms with Gasteiger partial charge in [0.15, 0.2) is 6.23 Å². The summed E-state index contributed by atoms with van der Waals surface area (Å²) >= 11 is 0. The molecule has 1 aromatic heterocycles. The summed E-state index contributed by atoms with van der Waals surface area (Å²) in [5, 5.41) is 30.1. The minimum Gasteiger partial charge on any atom is -0.390 e. The second-order valence-corrected chi connectivity index (χ2v) is 7.22. The molecule has 0 aliphatic carbocycles.